The molecule has 0 saturated carbocycles. The molecule has 0 aromatic heterocycles. The molecule has 1 atom stereocenters. The third-order valence-corrected chi connectivity index (χ3v) is 1.80. The molecule has 78 valence electrons. The van der Waals surface area contributed by atoms with Gasteiger partial charge in [-0.15, -0.1) is 0 Å². The quantitative estimate of drug-likeness (QED) is 0.563. The molecule has 0 radical (unpaired) electrons. The van der Waals surface area contributed by atoms with Crippen LogP contribution in [0.5, 0.6) is 0 Å². The molecule has 0 aliphatic rings. The van der Waals surface area contributed by atoms with Gasteiger partial charge >= 0.3 is 0 Å². The summed E-state index contributed by atoms with van der Waals surface area (Å²) >= 11 is 0. The van der Waals surface area contributed by atoms with E-state index in [4.69, 9.17) is 5.11 Å². The Kier molecular flexibility index (Phi) is 4.95. The second-order valence-electron chi connectivity index (χ2n) is 3.96. The summed E-state index contributed by atoms with van der Waals surface area (Å²) in [6, 6.07) is 0.0714. The fourth-order valence-electron chi connectivity index (χ4n) is 1.14. The molecular formula is C9H20N2O2. The van der Waals surface area contributed by atoms with Crippen LogP contribution < -0.4 is 10.6 Å². The summed E-state index contributed by atoms with van der Waals surface area (Å²) in [6.07, 6.45) is 0.430. The predicted molar refractivity (Wildman–Crippen MR) is 52.4 cm³/mol. The standard InChI is InChI=1S/C9H20N2O2/c1-7(5-8(13)10-4)11-9(2,3)6-12/h7,11-12H,5-6H2,1-4H3,(H,10,13). The van der Waals surface area contributed by atoms with Crippen molar-refractivity contribution < 1.29 is 9.90 Å². The summed E-state index contributed by atoms with van der Waals surface area (Å²) in [5.74, 6) is 0.00809. The van der Waals surface area contributed by atoms with E-state index in [9.17, 15) is 4.79 Å². The van der Waals surface area contributed by atoms with Gasteiger partial charge in [0.15, 0.2) is 0 Å². The number of aliphatic hydroxyl groups is 1. The second-order valence-corrected chi connectivity index (χ2v) is 3.96. The van der Waals surface area contributed by atoms with E-state index in [2.05, 4.69) is 10.6 Å². The van der Waals surface area contributed by atoms with Crippen molar-refractivity contribution in [2.45, 2.75) is 38.8 Å². The number of hydrogen-bond donors (Lipinski definition) is 3. The van der Waals surface area contributed by atoms with Crippen molar-refractivity contribution in [2.24, 2.45) is 0 Å². The number of nitrogens with one attached hydrogen (secondary N) is 2. The number of carbonyl (C=O) groups excluding carboxylic acids is 1. The predicted octanol–water partition coefficient (Wildman–Crippen LogP) is -0.128. The minimum atomic E-state index is -0.326. The summed E-state index contributed by atoms with van der Waals surface area (Å²) in [6.45, 7) is 5.78. The van der Waals surface area contributed by atoms with Crippen LogP contribution in [0.4, 0.5) is 0 Å². The largest absolute Gasteiger partial charge is 0.394 e. The van der Waals surface area contributed by atoms with Crippen LogP contribution in [0.3, 0.4) is 0 Å². The molecule has 0 rings (SSSR count). The molecule has 0 spiro atoms. The van der Waals surface area contributed by atoms with Gasteiger partial charge in [0.05, 0.1) is 6.61 Å². The van der Waals surface area contributed by atoms with Gasteiger partial charge in [0.2, 0.25) is 5.91 Å². The Bertz CT molecular complexity index is 169. The average Bonchev–Trinajstić information content (AvgIpc) is 2.03. The molecule has 0 heterocycles. The van der Waals surface area contributed by atoms with E-state index >= 15 is 0 Å². The maximum atomic E-state index is 11.0. The number of carbonyl (C=O) groups is 1. The highest BCUT2D eigenvalue weighted by molar-refractivity contribution is 5.76. The van der Waals surface area contributed by atoms with Crippen LogP contribution >= 0.6 is 0 Å². The van der Waals surface area contributed by atoms with Gasteiger partial charge in [-0.2, -0.15) is 0 Å². The number of amides is 1. The van der Waals surface area contributed by atoms with Crippen molar-refractivity contribution in [3.63, 3.8) is 0 Å². The van der Waals surface area contributed by atoms with Crippen molar-refractivity contribution in [2.75, 3.05) is 13.7 Å². The summed E-state index contributed by atoms with van der Waals surface area (Å²) in [5, 5.41) is 14.7. The molecular weight excluding hydrogens is 168 g/mol. The number of hydrogen-bond acceptors (Lipinski definition) is 3. The minimum absolute atomic E-state index is 0.00809. The Morgan fingerprint density at radius 1 is 1.54 bits per heavy atom. The molecule has 1 amide bonds. The lowest BCUT2D eigenvalue weighted by Crippen LogP contribution is -2.48. The summed E-state index contributed by atoms with van der Waals surface area (Å²) in [4.78, 5) is 11.0. The highest BCUT2D eigenvalue weighted by Crippen LogP contribution is 2.03. The first-order chi connectivity index (χ1) is 5.91. The maximum absolute atomic E-state index is 11.0. The molecule has 0 aliphatic heterocycles. The molecule has 0 aromatic carbocycles. The van der Waals surface area contributed by atoms with E-state index in [-0.39, 0.29) is 24.1 Å². The topological polar surface area (TPSA) is 61.4 Å². The molecule has 0 fully saturated rings. The van der Waals surface area contributed by atoms with E-state index in [0.29, 0.717) is 6.42 Å². The smallest absolute Gasteiger partial charge is 0.221 e. The SMILES string of the molecule is CNC(=O)CC(C)NC(C)(C)CO. The van der Waals surface area contributed by atoms with Gasteiger partial charge < -0.3 is 15.7 Å². The van der Waals surface area contributed by atoms with Gasteiger partial charge in [-0.1, -0.05) is 0 Å². The highest BCUT2D eigenvalue weighted by Gasteiger charge is 2.19. The molecule has 0 aromatic rings. The van der Waals surface area contributed by atoms with E-state index in [1.54, 1.807) is 7.05 Å². The van der Waals surface area contributed by atoms with E-state index in [0.717, 1.165) is 0 Å². The van der Waals surface area contributed by atoms with Crippen molar-refractivity contribution in [1.29, 1.82) is 0 Å². The number of aliphatic hydroxyl groups excluding tert-OH is 1. The fourth-order valence-corrected chi connectivity index (χ4v) is 1.14. The lowest BCUT2D eigenvalue weighted by molar-refractivity contribution is -0.121. The Morgan fingerprint density at radius 3 is 2.46 bits per heavy atom. The Morgan fingerprint density at radius 2 is 2.08 bits per heavy atom. The van der Waals surface area contributed by atoms with Crippen LogP contribution in [0.15, 0.2) is 0 Å². The van der Waals surface area contributed by atoms with Gasteiger partial charge in [-0.3, -0.25) is 4.79 Å². The molecule has 0 saturated heterocycles. The molecule has 0 bridgehead atoms. The van der Waals surface area contributed by atoms with Gasteiger partial charge in [0, 0.05) is 25.0 Å². The van der Waals surface area contributed by atoms with Gasteiger partial charge in [-0.25, -0.2) is 0 Å². The van der Waals surface area contributed by atoms with Crippen LogP contribution in [-0.2, 0) is 4.79 Å². The van der Waals surface area contributed by atoms with Crippen LogP contribution in [-0.4, -0.2) is 36.2 Å². The first-order valence-corrected chi connectivity index (χ1v) is 4.50. The molecule has 13 heavy (non-hydrogen) atoms. The zero-order valence-electron chi connectivity index (χ0n) is 8.85. The lowest BCUT2D eigenvalue weighted by atomic mass is 10.0. The molecule has 0 aliphatic carbocycles. The number of rotatable bonds is 5. The van der Waals surface area contributed by atoms with Gasteiger partial charge in [0.1, 0.15) is 0 Å². The fraction of sp³-hybridized carbons (Fsp3) is 0.889. The third kappa shape index (κ3) is 5.60. The zero-order valence-corrected chi connectivity index (χ0v) is 8.85. The van der Waals surface area contributed by atoms with Crippen LogP contribution in [0, 0.1) is 0 Å². The maximum Gasteiger partial charge on any atom is 0.221 e. The van der Waals surface area contributed by atoms with Gasteiger partial charge in [-0.05, 0) is 20.8 Å². The second kappa shape index (κ2) is 5.19. The molecule has 1 unspecified atom stereocenters. The Balaban J connectivity index is 3.86. The summed E-state index contributed by atoms with van der Waals surface area (Å²) in [5.41, 5.74) is -0.326. The van der Waals surface area contributed by atoms with Crippen LogP contribution in [0.2, 0.25) is 0 Å². The summed E-state index contributed by atoms with van der Waals surface area (Å²) < 4.78 is 0. The van der Waals surface area contributed by atoms with Crippen LogP contribution in [0.1, 0.15) is 27.2 Å². The molecule has 4 heteroatoms. The van der Waals surface area contributed by atoms with E-state index in [1.165, 1.54) is 0 Å². The Hall–Kier alpha value is -0.610. The van der Waals surface area contributed by atoms with Crippen molar-refractivity contribution in [3.05, 3.63) is 0 Å². The third-order valence-electron chi connectivity index (χ3n) is 1.80. The van der Waals surface area contributed by atoms with Crippen molar-refractivity contribution in [1.82, 2.24) is 10.6 Å². The zero-order chi connectivity index (χ0) is 10.5. The van der Waals surface area contributed by atoms with E-state index < -0.39 is 0 Å². The normalized spacial score (nSPS) is 13.9. The molecule has 3 N–H and O–H groups in total. The average molecular weight is 188 g/mol. The van der Waals surface area contributed by atoms with Crippen molar-refractivity contribution >= 4 is 5.91 Å². The minimum Gasteiger partial charge on any atom is -0.394 e. The lowest BCUT2D eigenvalue weighted by Gasteiger charge is -2.27. The van der Waals surface area contributed by atoms with Crippen molar-refractivity contribution in [3.8, 4) is 0 Å². The van der Waals surface area contributed by atoms with Crippen LogP contribution in [0.25, 0.3) is 0 Å². The Labute approximate surface area is 79.7 Å². The monoisotopic (exact) mass is 188 g/mol. The molecule has 4 nitrogen and oxygen atoms in total. The first-order valence-electron chi connectivity index (χ1n) is 4.50. The van der Waals surface area contributed by atoms with Gasteiger partial charge in [0.25, 0.3) is 0 Å². The highest BCUT2D eigenvalue weighted by atomic mass is 16.3. The summed E-state index contributed by atoms with van der Waals surface area (Å²) in [7, 11) is 1.62. The van der Waals surface area contributed by atoms with E-state index in [1.807, 2.05) is 20.8 Å². The first kappa shape index (κ1) is 12.4.